The van der Waals surface area contributed by atoms with Gasteiger partial charge in [0.05, 0.1) is 13.7 Å². The summed E-state index contributed by atoms with van der Waals surface area (Å²) in [5.74, 6) is 0.819. The summed E-state index contributed by atoms with van der Waals surface area (Å²) in [6.45, 7) is 3.73. The fourth-order valence-corrected chi connectivity index (χ4v) is 2.05. The number of hydrogen-bond acceptors (Lipinski definition) is 5. The van der Waals surface area contributed by atoms with Crippen LogP contribution in [0.15, 0.2) is 23.8 Å². The molecule has 6 nitrogen and oxygen atoms in total. The molecule has 0 bridgehead atoms. The lowest BCUT2D eigenvalue weighted by Crippen LogP contribution is -2.26. The minimum Gasteiger partial charge on any atom is -0.493 e. The second-order valence-electron chi connectivity index (χ2n) is 5.38. The molecular weight excluding hydrogens is 320 g/mol. The summed E-state index contributed by atoms with van der Waals surface area (Å²) in [4.78, 5) is 12.0. The Bertz CT molecular complexity index is 620. The third-order valence-corrected chi connectivity index (χ3v) is 3.43. The van der Waals surface area contributed by atoms with Gasteiger partial charge in [0.1, 0.15) is 11.6 Å². The first-order valence-corrected chi connectivity index (χ1v) is 8.36. The van der Waals surface area contributed by atoms with Crippen LogP contribution < -0.4 is 14.8 Å². The summed E-state index contributed by atoms with van der Waals surface area (Å²) in [5, 5.41) is 11.9. The van der Waals surface area contributed by atoms with Crippen molar-refractivity contribution < 1.29 is 19.0 Å². The number of amides is 1. The minimum atomic E-state index is -0.402. The van der Waals surface area contributed by atoms with E-state index in [2.05, 4.69) is 12.2 Å². The van der Waals surface area contributed by atoms with Crippen molar-refractivity contribution in [1.29, 1.82) is 5.26 Å². The van der Waals surface area contributed by atoms with Crippen LogP contribution in [0, 0.1) is 11.3 Å². The summed E-state index contributed by atoms with van der Waals surface area (Å²) in [7, 11) is 3.16. The molecule has 0 unspecified atom stereocenters. The normalized spacial score (nSPS) is 10.9. The predicted molar refractivity (Wildman–Crippen MR) is 96.5 cm³/mol. The van der Waals surface area contributed by atoms with Crippen molar-refractivity contribution >= 4 is 12.0 Å². The Kier molecular flexibility index (Phi) is 9.79. The lowest BCUT2D eigenvalue weighted by molar-refractivity contribution is -0.117. The van der Waals surface area contributed by atoms with Gasteiger partial charge in [-0.05, 0) is 36.6 Å². The molecule has 0 aromatic heterocycles. The summed E-state index contributed by atoms with van der Waals surface area (Å²) in [6, 6.07) is 7.25. The number of hydrogen-bond donors (Lipinski definition) is 1. The largest absolute Gasteiger partial charge is 0.493 e. The molecule has 25 heavy (non-hydrogen) atoms. The fraction of sp³-hybridized carbons (Fsp3) is 0.474. The van der Waals surface area contributed by atoms with Gasteiger partial charge in [-0.1, -0.05) is 19.4 Å². The van der Waals surface area contributed by atoms with E-state index in [0.29, 0.717) is 43.2 Å². The van der Waals surface area contributed by atoms with Crippen LogP contribution in [0.4, 0.5) is 0 Å². The number of carbonyl (C=O) groups excluding carboxylic acids is 1. The summed E-state index contributed by atoms with van der Waals surface area (Å²) < 4.78 is 15.9. The van der Waals surface area contributed by atoms with Crippen molar-refractivity contribution in [3.05, 3.63) is 29.3 Å². The Morgan fingerprint density at radius 2 is 2.04 bits per heavy atom. The standard InChI is InChI=1S/C19H26N2O4/c1-4-5-11-25-17-8-7-15(13-18(17)24-3)12-16(14-20)19(22)21-9-6-10-23-2/h7-8,12-13H,4-6,9-11H2,1-3H3,(H,21,22)/b16-12+. The quantitative estimate of drug-likeness (QED) is 0.378. The van der Waals surface area contributed by atoms with Crippen LogP contribution in [-0.4, -0.2) is 39.9 Å². The third-order valence-electron chi connectivity index (χ3n) is 3.43. The molecule has 0 aliphatic heterocycles. The number of rotatable bonds is 11. The molecule has 0 aliphatic carbocycles. The van der Waals surface area contributed by atoms with Crippen LogP contribution in [0.1, 0.15) is 31.7 Å². The van der Waals surface area contributed by atoms with Crippen LogP contribution in [-0.2, 0) is 9.53 Å². The summed E-state index contributed by atoms with van der Waals surface area (Å²) in [6.07, 6.45) is 4.24. The van der Waals surface area contributed by atoms with Crippen molar-refractivity contribution in [2.24, 2.45) is 0 Å². The Morgan fingerprint density at radius 3 is 2.68 bits per heavy atom. The lowest BCUT2D eigenvalue weighted by Gasteiger charge is -2.11. The van der Waals surface area contributed by atoms with E-state index in [-0.39, 0.29) is 5.57 Å². The molecule has 1 N–H and O–H groups in total. The first kappa shape index (κ1) is 20.5. The van der Waals surface area contributed by atoms with E-state index in [0.717, 1.165) is 12.8 Å². The molecule has 1 amide bonds. The molecule has 136 valence electrons. The van der Waals surface area contributed by atoms with E-state index < -0.39 is 5.91 Å². The highest BCUT2D eigenvalue weighted by Gasteiger charge is 2.10. The van der Waals surface area contributed by atoms with Gasteiger partial charge >= 0.3 is 0 Å². The number of carbonyl (C=O) groups is 1. The second-order valence-corrected chi connectivity index (χ2v) is 5.38. The number of unbranched alkanes of at least 4 members (excludes halogenated alkanes) is 1. The zero-order chi connectivity index (χ0) is 18.5. The van der Waals surface area contributed by atoms with Crippen molar-refractivity contribution in [1.82, 2.24) is 5.32 Å². The van der Waals surface area contributed by atoms with Crippen LogP contribution in [0.25, 0.3) is 6.08 Å². The molecule has 0 radical (unpaired) electrons. The number of nitrogens with zero attached hydrogens (tertiary/aromatic N) is 1. The molecule has 1 aromatic rings. The number of nitrogens with one attached hydrogen (secondary N) is 1. The molecular formula is C19H26N2O4. The van der Waals surface area contributed by atoms with Gasteiger partial charge < -0.3 is 19.5 Å². The first-order chi connectivity index (χ1) is 12.2. The minimum absolute atomic E-state index is 0.0409. The van der Waals surface area contributed by atoms with Gasteiger partial charge in [-0.3, -0.25) is 4.79 Å². The zero-order valence-electron chi connectivity index (χ0n) is 15.1. The number of nitriles is 1. The molecule has 0 fully saturated rings. The second kappa shape index (κ2) is 11.9. The van der Waals surface area contributed by atoms with Gasteiger partial charge in [-0.15, -0.1) is 0 Å². The van der Waals surface area contributed by atoms with Gasteiger partial charge in [-0.2, -0.15) is 5.26 Å². The lowest BCUT2D eigenvalue weighted by atomic mass is 10.1. The highest BCUT2D eigenvalue weighted by Crippen LogP contribution is 2.29. The Morgan fingerprint density at radius 1 is 1.24 bits per heavy atom. The Balaban J connectivity index is 2.81. The van der Waals surface area contributed by atoms with Gasteiger partial charge in [0.25, 0.3) is 5.91 Å². The number of ether oxygens (including phenoxy) is 3. The highest BCUT2D eigenvalue weighted by molar-refractivity contribution is 6.01. The maximum Gasteiger partial charge on any atom is 0.261 e. The van der Waals surface area contributed by atoms with Crippen molar-refractivity contribution in [2.75, 3.05) is 34.0 Å². The van der Waals surface area contributed by atoms with Crippen LogP contribution in [0.2, 0.25) is 0 Å². The van der Waals surface area contributed by atoms with E-state index in [1.165, 1.54) is 6.08 Å². The highest BCUT2D eigenvalue weighted by atomic mass is 16.5. The average molecular weight is 346 g/mol. The van der Waals surface area contributed by atoms with Gasteiger partial charge in [0.2, 0.25) is 0 Å². The monoisotopic (exact) mass is 346 g/mol. The van der Waals surface area contributed by atoms with E-state index in [4.69, 9.17) is 14.2 Å². The molecule has 0 atom stereocenters. The van der Waals surface area contributed by atoms with Crippen LogP contribution >= 0.6 is 0 Å². The van der Waals surface area contributed by atoms with Crippen LogP contribution in [0.3, 0.4) is 0 Å². The maximum atomic E-state index is 12.0. The predicted octanol–water partition coefficient (Wildman–Crippen LogP) is 2.93. The van der Waals surface area contributed by atoms with E-state index >= 15 is 0 Å². The summed E-state index contributed by atoms with van der Waals surface area (Å²) >= 11 is 0. The van der Waals surface area contributed by atoms with Crippen molar-refractivity contribution in [3.63, 3.8) is 0 Å². The zero-order valence-corrected chi connectivity index (χ0v) is 15.1. The topological polar surface area (TPSA) is 80.6 Å². The first-order valence-electron chi connectivity index (χ1n) is 8.36. The molecule has 0 heterocycles. The number of benzene rings is 1. The third kappa shape index (κ3) is 7.27. The average Bonchev–Trinajstić information content (AvgIpc) is 2.64. The molecule has 0 aliphatic rings. The molecule has 1 aromatic carbocycles. The summed E-state index contributed by atoms with van der Waals surface area (Å²) in [5.41, 5.74) is 0.738. The number of methoxy groups -OCH3 is 2. The molecule has 1 rings (SSSR count). The maximum absolute atomic E-state index is 12.0. The molecule has 0 spiro atoms. The van der Waals surface area contributed by atoms with Crippen molar-refractivity contribution in [3.8, 4) is 17.6 Å². The van der Waals surface area contributed by atoms with Gasteiger partial charge in [-0.25, -0.2) is 0 Å². The van der Waals surface area contributed by atoms with Crippen LogP contribution in [0.5, 0.6) is 11.5 Å². The Labute approximate surface area is 149 Å². The van der Waals surface area contributed by atoms with E-state index in [1.54, 1.807) is 32.4 Å². The fourth-order valence-electron chi connectivity index (χ4n) is 2.05. The van der Waals surface area contributed by atoms with Gasteiger partial charge in [0.15, 0.2) is 11.5 Å². The van der Waals surface area contributed by atoms with Crippen molar-refractivity contribution in [2.45, 2.75) is 26.2 Å². The van der Waals surface area contributed by atoms with E-state index in [1.807, 2.05) is 6.07 Å². The SMILES string of the molecule is CCCCOc1ccc(/C=C(\C#N)C(=O)NCCCOC)cc1OC. The Hall–Kier alpha value is -2.52. The molecule has 0 saturated heterocycles. The molecule has 6 heteroatoms. The van der Waals surface area contributed by atoms with E-state index in [9.17, 15) is 10.1 Å². The molecule has 0 saturated carbocycles. The van der Waals surface area contributed by atoms with Gasteiger partial charge in [0, 0.05) is 20.3 Å². The smallest absolute Gasteiger partial charge is 0.261 e.